The number of benzene rings is 1. The fourth-order valence-electron chi connectivity index (χ4n) is 5.20. The van der Waals surface area contributed by atoms with Crippen LogP contribution >= 0.6 is 0 Å². The van der Waals surface area contributed by atoms with Crippen molar-refractivity contribution in [2.45, 2.75) is 83.7 Å². The second-order valence-corrected chi connectivity index (χ2v) is 16.4. The number of aryl methyl sites for hydroxylation is 2. The van der Waals surface area contributed by atoms with Gasteiger partial charge in [-0.3, -0.25) is 14.8 Å². The maximum Gasteiger partial charge on any atom is 0.229 e. The molecular formula is C24H37N5OSi. The van der Waals surface area contributed by atoms with Crippen molar-refractivity contribution in [3.8, 4) is 0 Å². The summed E-state index contributed by atoms with van der Waals surface area (Å²) in [4.78, 5) is 15.7. The van der Waals surface area contributed by atoms with Crippen molar-refractivity contribution < 1.29 is 4.79 Å². The van der Waals surface area contributed by atoms with Gasteiger partial charge in [-0.15, -0.1) is 0 Å². The minimum absolute atomic E-state index is 0.156. The Hall–Kier alpha value is -2.12. The van der Waals surface area contributed by atoms with Gasteiger partial charge in [0.05, 0.1) is 26.0 Å². The first-order valence-corrected chi connectivity index (χ1v) is 14.9. The SMILES string of the molecule is Cc1ccc(NCN2Cc3c(NC(=O)C4([Si](C)(C)C)CCC4)n[nH]c3C2(C)C)c(C)c1. The number of carbonyl (C=O) groups is 1. The predicted octanol–water partition coefficient (Wildman–Crippen LogP) is 5.35. The summed E-state index contributed by atoms with van der Waals surface area (Å²) >= 11 is 0. The molecule has 2 heterocycles. The van der Waals surface area contributed by atoms with E-state index in [0.29, 0.717) is 5.82 Å². The molecule has 1 aliphatic carbocycles. The lowest BCUT2D eigenvalue weighted by Crippen LogP contribution is -2.52. The molecule has 0 bridgehead atoms. The van der Waals surface area contributed by atoms with Crippen molar-refractivity contribution in [3.05, 3.63) is 40.6 Å². The number of nitrogens with one attached hydrogen (secondary N) is 3. The zero-order chi connectivity index (χ0) is 22.6. The van der Waals surface area contributed by atoms with Crippen LogP contribution in [0.5, 0.6) is 0 Å². The van der Waals surface area contributed by atoms with Gasteiger partial charge >= 0.3 is 0 Å². The van der Waals surface area contributed by atoms with Crippen LogP contribution in [0.15, 0.2) is 18.2 Å². The van der Waals surface area contributed by atoms with Gasteiger partial charge in [0, 0.05) is 22.8 Å². The molecule has 0 saturated heterocycles. The summed E-state index contributed by atoms with van der Waals surface area (Å²) in [6, 6.07) is 6.49. The Labute approximate surface area is 187 Å². The first kappa shape index (κ1) is 22.1. The minimum Gasteiger partial charge on any atom is -0.372 e. The van der Waals surface area contributed by atoms with E-state index in [1.54, 1.807) is 0 Å². The third-order valence-corrected chi connectivity index (χ3v) is 11.4. The van der Waals surface area contributed by atoms with Crippen molar-refractivity contribution in [2.24, 2.45) is 0 Å². The first-order chi connectivity index (χ1) is 14.5. The lowest BCUT2D eigenvalue weighted by atomic mass is 9.83. The lowest BCUT2D eigenvalue weighted by molar-refractivity contribution is -0.121. The Morgan fingerprint density at radius 2 is 1.94 bits per heavy atom. The smallest absolute Gasteiger partial charge is 0.229 e. The van der Waals surface area contributed by atoms with Crippen LogP contribution in [0.1, 0.15) is 55.5 Å². The van der Waals surface area contributed by atoms with Gasteiger partial charge in [-0.1, -0.05) is 43.8 Å². The number of rotatable bonds is 6. The topological polar surface area (TPSA) is 73.0 Å². The van der Waals surface area contributed by atoms with E-state index < -0.39 is 8.07 Å². The number of fused-ring (bicyclic) bond motifs is 1. The molecule has 0 atom stereocenters. The average Bonchev–Trinajstić information content (AvgIpc) is 3.10. The van der Waals surface area contributed by atoms with Crippen LogP contribution in [0.25, 0.3) is 0 Å². The van der Waals surface area contributed by atoms with E-state index in [-0.39, 0.29) is 16.5 Å². The third kappa shape index (κ3) is 3.61. The summed E-state index contributed by atoms with van der Waals surface area (Å²) in [7, 11) is -1.62. The van der Waals surface area contributed by atoms with Crippen molar-refractivity contribution in [1.29, 1.82) is 0 Å². The molecule has 1 fully saturated rings. The van der Waals surface area contributed by atoms with Crippen LogP contribution in [0, 0.1) is 13.8 Å². The van der Waals surface area contributed by atoms with Gasteiger partial charge in [-0.25, -0.2) is 0 Å². The first-order valence-electron chi connectivity index (χ1n) is 11.4. The lowest BCUT2D eigenvalue weighted by Gasteiger charge is -2.48. The van der Waals surface area contributed by atoms with E-state index in [0.717, 1.165) is 49.4 Å². The number of anilines is 2. The second-order valence-electron chi connectivity index (χ2n) is 11.0. The fourth-order valence-corrected chi connectivity index (χ4v) is 7.79. The van der Waals surface area contributed by atoms with E-state index in [1.165, 1.54) is 11.1 Å². The molecule has 1 saturated carbocycles. The van der Waals surface area contributed by atoms with E-state index in [4.69, 9.17) is 0 Å². The van der Waals surface area contributed by atoms with Crippen molar-refractivity contribution in [2.75, 3.05) is 17.3 Å². The van der Waals surface area contributed by atoms with E-state index >= 15 is 0 Å². The van der Waals surface area contributed by atoms with Crippen LogP contribution in [-0.4, -0.2) is 35.7 Å². The molecule has 7 heteroatoms. The fraction of sp³-hybridized carbons (Fsp3) is 0.583. The van der Waals surface area contributed by atoms with Gasteiger partial charge in [0.25, 0.3) is 0 Å². The van der Waals surface area contributed by atoms with Crippen LogP contribution in [0.3, 0.4) is 0 Å². The van der Waals surface area contributed by atoms with Gasteiger partial charge in [-0.05, 0) is 52.2 Å². The van der Waals surface area contributed by atoms with Gasteiger partial charge in [0.2, 0.25) is 5.91 Å². The highest BCUT2D eigenvalue weighted by Crippen LogP contribution is 2.56. The molecule has 2 aliphatic rings. The molecule has 3 N–H and O–H groups in total. The summed E-state index contributed by atoms with van der Waals surface area (Å²) in [5.74, 6) is 0.892. The van der Waals surface area contributed by atoms with Gasteiger partial charge in [-0.2, -0.15) is 5.10 Å². The maximum atomic E-state index is 13.3. The van der Waals surface area contributed by atoms with Crippen molar-refractivity contribution in [1.82, 2.24) is 15.1 Å². The number of carbonyl (C=O) groups excluding carboxylic acids is 1. The number of hydrogen-bond donors (Lipinski definition) is 3. The standard InChI is InChI=1S/C24H37N5OSi/c1-16-9-10-19(17(2)13-16)25-15-29-14-18-20(23(29,3)4)27-28-21(18)26-22(30)24(11-8-12-24)31(5,6)7/h9-10,13,25H,8,11-12,14-15H2,1-7H3,(H2,26,27,28,30). The summed E-state index contributed by atoms with van der Waals surface area (Å²) < 4.78 is 0. The van der Waals surface area contributed by atoms with Crippen LogP contribution in [0.2, 0.25) is 24.7 Å². The molecule has 6 nitrogen and oxygen atoms in total. The zero-order valence-electron chi connectivity index (χ0n) is 20.1. The molecule has 4 rings (SSSR count). The van der Waals surface area contributed by atoms with Gasteiger partial charge in [0.1, 0.15) is 0 Å². The molecule has 168 valence electrons. The molecule has 0 radical (unpaired) electrons. The largest absolute Gasteiger partial charge is 0.372 e. The van der Waals surface area contributed by atoms with Gasteiger partial charge in [0.15, 0.2) is 5.82 Å². The van der Waals surface area contributed by atoms with Crippen molar-refractivity contribution >= 4 is 25.5 Å². The Morgan fingerprint density at radius 1 is 1.23 bits per heavy atom. The molecule has 1 amide bonds. The second kappa shape index (κ2) is 7.48. The highest BCUT2D eigenvalue weighted by atomic mass is 28.3. The minimum atomic E-state index is -1.62. The van der Waals surface area contributed by atoms with Crippen LogP contribution in [0.4, 0.5) is 11.5 Å². The Balaban J connectivity index is 1.50. The molecule has 0 unspecified atom stereocenters. The number of H-pyrrole nitrogens is 1. The normalized spacial score (nSPS) is 19.6. The number of amides is 1. The van der Waals surface area contributed by atoms with E-state index in [9.17, 15) is 4.79 Å². The third-order valence-electron chi connectivity index (χ3n) is 7.77. The van der Waals surface area contributed by atoms with Gasteiger partial charge < -0.3 is 10.6 Å². The molecule has 0 spiro atoms. The molecular weight excluding hydrogens is 402 g/mol. The summed E-state index contributed by atoms with van der Waals surface area (Å²) in [5, 5.41) is 14.4. The highest BCUT2D eigenvalue weighted by Gasteiger charge is 2.54. The van der Waals surface area contributed by atoms with Crippen LogP contribution < -0.4 is 10.6 Å². The number of aromatic nitrogens is 2. The summed E-state index contributed by atoms with van der Waals surface area (Å²) in [6.45, 7) is 17.1. The Morgan fingerprint density at radius 3 is 2.52 bits per heavy atom. The molecule has 2 aromatic rings. The monoisotopic (exact) mass is 439 g/mol. The maximum absolute atomic E-state index is 13.3. The average molecular weight is 440 g/mol. The zero-order valence-corrected chi connectivity index (χ0v) is 21.1. The molecule has 31 heavy (non-hydrogen) atoms. The summed E-state index contributed by atoms with van der Waals surface area (Å²) in [5.41, 5.74) is 5.71. The summed E-state index contributed by atoms with van der Waals surface area (Å²) in [6.07, 6.45) is 3.18. The van der Waals surface area contributed by atoms with E-state index in [1.807, 2.05) is 0 Å². The highest BCUT2D eigenvalue weighted by molar-refractivity contribution is 6.83. The quantitative estimate of drug-likeness (QED) is 0.531. The van der Waals surface area contributed by atoms with E-state index in [2.05, 4.69) is 91.3 Å². The van der Waals surface area contributed by atoms with Crippen LogP contribution in [-0.2, 0) is 16.9 Å². The molecule has 1 aromatic heterocycles. The molecule has 1 aromatic carbocycles. The Bertz CT molecular complexity index is 1000. The number of nitrogens with zero attached hydrogens (tertiary/aromatic N) is 2. The van der Waals surface area contributed by atoms with Crippen molar-refractivity contribution in [3.63, 3.8) is 0 Å². The molecule has 1 aliphatic heterocycles. The number of aromatic amines is 1. The predicted molar refractivity (Wildman–Crippen MR) is 130 cm³/mol. The number of hydrogen-bond acceptors (Lipinski definition) is 4. The Kier molecular flexibility index (Phi) is 5.33.